The van der Waals surface area contributed by atoms with Crippen LogP contribution in [0.5, 0.6) is 0 Å². The van der Waals surface area contributed by atoms with Gasteiger partial charge in [-0.3, -0.25) is 0 Å². The fourth-order valence-corrected chi connectivity index (χ4v) is 2.17. The van der Waals surface area contributed by atoms with Crippen molar-refractivity contribution in [3.05, 3.63) is 29.8 Å². The van der Waals surface area contributed by atoms with E-state index in [9.17, 15) is 0 Å². The van der Waals surface area contributed by atoms with Gasteiger partial charge in [-0.25, -0.2) is 0 Å². The molecular formula is C14H18N2O. The summed E-state index contributed by atoms with van der Waals surface area (Å²) in [6, 6.07) is 10.2. The number of anilines is 1. The topological polar surface area (TPSA) is 45.0 Å². The molecule has 0 spiro atoms. The van der Waals surface area contributed by atoms with Crippen LogP contribution in [0.4, 0.5) is 5.69 Å². The third-order valence-corrected chi connectivity index (χ3v) is 3.21. The molecule has 1 N–H and O–H groups in total. The molecule has 1 heterocycles. The van der Waals surface area contributed by atoms with Gasteiger partial charge in [0.05, 0.1) is 17.7 Å². The van der Waals surface area contributed by atoms with E-state index in [-0.39, 0.29) is 0 Å². The first-order chi connectivity index (χ1) is 8.31. The molecule has 2 unspecified atom stereocenters. The monoisotopic (exact) mass is 230 g/mol. The summed E-state index contributed by atoms with van der Waals surface area (Å²) in [5, 5.41) is 12.2. The van der Waals surface area contributed by atoms with Crippen molar-refractivity contribution >= 4 is 5.69 Å². The predicted molar refractivity (Wildman–Crippen MR) is 67.8 cm³/mol. The van der Waals surface area contributed by atoms with Crippen molar-refractivity contribution in [3.63, 3.8) is 0 Å². The Morgan fingerprint density at radius 2 is 2.18 bits per heavy atom. The molecule has 0 aliphatic carbocycles. The molecule has 0 amide bonds. The van der Waals surface area contributed by atoms with Crippen LogP contribution < -0.4 is 5.32 Å². The van der Waals surface area contributed by atoms with E-state index >= 15 is 0 Å². The van der Waals surface area contributed by atoms with Gasteiger partial charge in [-0.05, 0) is 43.5 Å². The predicted octanol–water partition coefficient (Wildman–Crippen LogP) is 2.93. The van der Waals surface area contributed by atoms with Gasteiger partial charge in [0, 0.05) is 18.3 Å². The Labute approximate surface area is 102 Å². The highest BCUT2D eigenvalue weighted by Crippen LogP contribution is 2.20. The van der Waals surface area contributed by atoms with Crippen molar-refractivity contribution in [3.8, 4) is 6.07 Å². The molecule has 2 rings (SSSR count). The van der Waals surface area contributed by atoms with Crippen LogP contribution >= 0.6 is 0 Å². The molecule has 1 aliphatic rings. The number of rotatable bonds is 3. The molecular weight excluding hydrogens is 212 g/mol. The van der Waals surface area contributed by atoms with E-state index in [1.165, 1.54) is 0 Å². The van der Waals surface area contributed by atoms with Gasteiger partial charge >= 0.3 is 0 Å². The summed E-state index contributed by atoms with van der Waals surface area (Å²) in [7, 11) is 0. The van der Waals surface area contributed by atoms with E-state index in [0.717, 1.165) is 31.6 Å². The first-order valence-corrected chi connectivity index (χ1v) is 6.20. The van der Waals surface area contributed by atoms with E-state index in [1.54, 1.807) is 0 Å². The van der Waals surface area contributed by atoms with Gasteiger partial charge in [0.25, 0.3) is 0 Å². The summed E-state index contributed by atoms with van der Waals surface area (Å²) in [6.45, 7) is 3.00. The quantitative estimate of drug-likeness (QED) is 0.868. The van der Waals surface area contributed by atoms with E-state index in [1.807, 2.05) is 24.3 Å². The van der Waals surface area contributed by atoms with Gasteiger partial charge in [-0.15, -0.1) is 0 Å². The van der Waals surface area contributed by atoms with Crippen LogP contribution in [0.3, 0.4) is 0 Å². The highest BCUT2D eigenvalue weighted by atomic mass is 16.5. The summed E-state index contributed by atoms with van der Waals surface area (Å²) in [5.41, 5.74) is 1.79. The molecule has 17 heavy (non-hydrogen) atoms. The molecule has 2 atom stereocenters. The Bertz CT molecular complexity index is 394. The molecule has 3 heteroatoms. The van der Waals surface area contributed by atoms with Gasteiger partial charge in [-0.1, -0.05) is 6.92 Å². The smallest absolute Gasteiger partial charge is 0.0991 e. The second-order valence-corrected chi connectivity index (χ2v) is 4.46. The maximum absolute atomic E-state index is 8.73. The minimum atomic E-state index is 0.389. The van der Waals surface area contributed by atoms with Crippen molar-refractivity contribution < 1.29 is 4.74 Å². The fourth-order valence-electron chi connectivity index (χ4n) is 2.17. The number of hydrogen-bond acceptors (Lipinski definition) is 3. The average molecular weight is 230 g/mol. The Balaban J connectivity index is 1.93. The molecule has 0 bridgehead atoms. The Morgan fingerprint density at radius 3 is 2.82 bits per heavy atom. The molecule has 1 aromatic rings. The molecule has 1 fully saturated rings. The summed E-state index contributed by atoms with van der Waals surface area (Å²) in [5.74, 6) is 0. The number of nitrogens with zero attached hydrogens (tertiary/aromatic N) is 1. The Kier molecular flexibility index (Phi) is 4.00. The minimum Gasteiger partial charge on any atom is -0.382 e. The number of nitrogens with one attached hydrogen (secondary N) is 1. The van der Waals surface area contributed by atoms with Crippen LogP contribution in [-0.4, -0.2) is 18.8 Å². The standard InChI is InChI=1S/C14H18N2O/c1-2-14-9-13(7-8-17-14)16-12-5-3-11(10-15)4-6-12/h3-6,13-14,16H,2,7-9H2,1H3. The lowest BCUT2D eigenvalue weighted by molar-refractivity contribution is 0.00926. The van der Waals surface area contributed by atoms with Crippen LogP contribution in [0.2, 0.25) is 0 Å². The van der Waals surface area contributed by atoms with Crippen molar-refractivity contribution in [2.45, 2.75) is 38.3 Å². The third kappa shape index (κ3) is 3.21. The molecule has 1 aliphatic heterocycles. The van der Waals surface area contributed by atoms with Crippen LogP contribution in [-0.2, 0) is 4.74 Å². The Morgan fingerprint density at radius 1 is 1.41 bits per heavy atom. The molecule has 0 radical (unpaired) electrons. The number of ether oxygens (including phenoxy) is 1. The highest BCUT2D eigenvalue weighted by molar-refractivity contribution is 5.47. The van der Waals surface area contributed by atoms with Crippen molar-refractivity contribution in [1.82, 2.24) is 0 Å². The largest absolute Gasteiger partial charge is 0.382 e. The van der Waals surface area contributed by atoms with Gasteiger partial charge < -0.3 is 10.1 Å². The van der Waals surface area contributed by atoms with Crippen LogP contribution in [0.25, 0.3) is 0 Å². The van der Waals surface area contributed by atoms with E-state index < -0.39 is 0 Å². The fraction of sp³-hybridized carbons (Fsp3) is 0.500. The van der Waals surface area contributed by atoms with Gasteiger partial charge in [-0.2, -0.15) is 5.26 Å². The summed E-state index contributed by atoms with van der Waals surface area (Å²) >= 11 is 0. The van der Waals surface area contributed by atoms with Gasteiger partial charge in [0.2, 0.25) is 0 Å². The zero-order valence-electron chi connectivity index (χ0n) is 10.1. The minimum absolute atomic E-state index is 0.389. The van der Waals surface area contributed by atoms with Crippen LogP contribution in [0.1, 0.15) is 31.7 Å². The molecule has 0 saturated carbocycles. The van der Waals surface area contributed by atoms with Crippen molar-refractivity contribution in [2.75, 3.05) is 11.9 Å². The maximum Gasteiger partial charge on any atom is 0.0991 e. The average Bonchev–Trinajstić information content (AvgIpc) is 2.40. The second-order valence-electron chi connectivity index (χ2n) is 4.46. The van der Waals surface area contributed by atoms with E-state index in [0.29, 0.717) is 17.7 Å². The SMILES string of the molecule is CCC1CC(Nc2ccc(C#N)cc2)CCO1. The summed E-state index contributed by atoms with van der Waals surface area (Å²) in [4.78, 5) is 0. The van der Waals surface area contributed by atoms with Gasteiger partial charge in [0.1, 0.15) is 0 Å². The van der Waals surface area contributed by atoms with Gasteiger partial charge in [0.15, 0.2) is 0 Å². The normalized spacial score (nSPS) is 24.0. The third-order valence-electron chi connectivity index (χ3n) is 3.21. The van der Waals surface area contributed by atoms with Crippen LogP contribution in [0, 0.1) is 11.3 Å². The molecule has 0 aromatic heterocycles. The first kappa shape index (κ1) is 11.9. The second kappa shape index (κ2) is 5.70. The maximum atomic E-state index is 8.73. The highest BCUT2D eigenvalue weighted by Gasteiger charge is 2.20. The lowest BCUT2D eigenvalue weighted by Crippen LogP contribution is -2.33. The molecule has 1 saturated heterocycles. The zero-order valence-corrected chi connectivity index (χ0v) is 10.1. The van der Waals surface area contributed by atoms with Crippen LogP contribution in [0.15, 0.2) is 24.3 Å². The van der Waals surface area contributed by atoms with Crippen molar-refractivity contribution in [2.24, 2.45) is 0 Å². The lowest BCUT2D eigenvalue weighted by atomic mass is 10.0. The summed E-state index contributed by atoms with van der Waals surface area (Å²) in [6.07, 6.45) is 3.58. The molecule has 90 valence electrons. The van der Waals surface area contributed by atoms with E-state index in [2.05, 4.69) is 18.3 Å². The number of hydrogen-bond donors (Lipinski definition) is 1. The molecule has 1 aromatic carbocycles. The Hall–Kier alpha value is -1.53. The van der Waals surface area contributed by atoms with E-state index in [4.69, 9.17) is 10.00 Å². The number of benzene rings is 1. The molecule has 3 nitrogen and oxygen atoms in total. The number of nitriles is 1. The summed E-state index contributed by atoms with van der Waals surface area (Å²) < 4.78 is 5.65. The van der Waals surface area contributed by atoms with Crippen molar-refractivity contribution in [1.29, 1.82) is 5.26 Å². The lowest BCUT2D eigenvalue weighted by Gasteiger charge is -2.30. The zero-order chi connectivity index (χ0) is 12.1. The first-order valence-electron chi connectivity index (χ1n) is 6.20.